The second-order valence-corrected chi connectivity index (χ2v) is 19.4. The molecule has 52 heavy (non-hydrogen) atoms. The first-order valence-corrected chi connectivity index (χ1v) is 19.4. The van der Waals surface area contributed by atoms with E-state index >= 15 is 0 Å². The Balaban J connectivity index is 1.45. The fourth-order valence-corrected chi connectivity index (χ4v) is 7.87. The lowest BCUT2D eigenvalue weighted by atomic mass is 9.85. The molecule has 1 aromatic heterocycles. The Kier molecular flexibility index (Phi) is 10.2. The highest BCUT2D eigenvalue weighted by Gasteiger charge is 2.62. The van der Waals surface area contributed by atoms with Crippen LogP contribution in [0.4, 0.5) is 4.79 Å². The van der Waals surface area contributed by atoms with Gasteiger partial charge in [0.15, 0.2) is 0 Å². The molecule has 0 radical (unpaired) electrons. The summed E-state index contributed by atoms with van der Waals surface area (Å²) >= 11 is 0. The molecule has 2 heterocycles. The summed E-state index contributed by atoms with van der Waals surface area (Å²) in [6.07, 6.45) is 2.77. The van der Waals surface area contributed by atoms with Gasteiger partial charge in [0.05, 0.1) is 11.8 Å². The molecule has 2 aromatic rings. The van der Waals surface area contributed by atoms with Crippen molar-refractivity contribution in [1.29, 1.82) is 0 Å². The zero-order chi connectivity index (χ0) is 38.6. The van der Waals surface area contributed by atoms with E-state index in [1.54, 1.807) is 47.7 Å². The van der Waals surface area contributed by atoms with E-state index in [1.165, 1.54) is 11.0 Å². The molecule has 3 fully saturated rings. The number of alkyl carbamates (subject to hydrolysis) is 1. The van der Waals surface area contributed by atoms with E-state index < -0.39 is 79.7 Å². The molecule has 5 rings (SSSR count). The summed E-state index contributed by atoms with van der Waals surface area (Å²) in [7, 11) is -3.89. The monoisotopic (exact) mass is 739 g/mol. The normalized spacial score (nSPS) is 24.1. The summed E-state index contributed by atoms with van der Waals surface area (Å²) in [5.41, 5.74) is -2.12. The maximum Gasteiger partial charge on any atom is 0.408 e. The van der Waals surface area contributed by atoms with Crippen molar-refractivity contribution in [3.8, 4) is 5.88 Å². The topological polar surface area (TPSA) is 173 Å². The lowest BCUT2D eigenvalue weighted by Crippen LogP contribution is -2.60. The van der Waals surface area contributed by atoms with Gasteiger partial charge in [0.1, 0.15) is 29.3 Å². The smallest absolute Gasteiger partial charge is 0.408 e. The predicted octanol–water partition coefficient (Wildman–Crippen LogP) is 4.49. The number of ether oxygens (including phenoxy) is 2. The number of carbonyl (C=O) groups is 4. The number of aromatic nitrogens is 1. The molecule has 14 heteroatoms. The van der Waals surface area contributed by atoms with Crippen molar-refractivity contribution in [1.82, 2.24) is 25.2 Å². The SMILES string of the molecule is C=C[C@@H]1C[C@]1(NC(=O)[C@@H]1C[C@@H](Oc2nccc3cc(C(C)(C)C)ccc23)CN1C(=O)[C@@H](NC(=O)OC(C)(C)C)C(C)(C)C)C(=O)NS(=O)(=O)C1CC1. The molecule has 2 saturated carbocycles. The Bertz CT molecular complexity index is 1870. The van der Waals surface area contributed by atoms with Crippen LogP contribution in [0.15, 0.2) is 43.1 Å². The molecule has 13 nitrogen and oxygen atoms in total. The van der Waals surface area contributed by atoms with Crippen LogP contribution in [0.25, 0.3) is 10.8 Å². The van der Waals surface area contributed by atoms with Crippen molar-refractivity contribution in [2.24, 2.45) is 11.3 Å². The molecule has 284 valence electrons. The molecule has 3 N–H and O–H groups in total. The number of pyridine rings is 1. The zero-order valence-corrected chi connectivity index (χ0v) is 32.5. The zero-order valence-electron chi connectivity index (χ0n) is 31.7. The number of nitrogens with zero attached hydrogens (tertiary/aromatic N) is 2. The Hall–Kier alpha value is -4.20. The van der Waals surface area contributed by atoms with Gasteiger partial charge >= 0.3 is 6.09 Å². The highest BCUT2D eigenvalue weighted by atomic mass is 32.2. The van der Waals surface area contributed by atoms with Crippen LogP contribution < -0.4 is 20.1 Å². The summed E-state index contributed by atoms with van der Waals surface area (Å²) in [5.74, 6) is -2.22. The highest BCUT2D eigenvalue weighted by molar-refractivity contribution is 7.91. The van der Waals surface area contributed by atoms with E-state index in [0.717, 1.165) is 16.3 Å². The van der Waals surface area contributed by atoms with Crippen molar-refractivity contribution < 1.29 is 37.1 Å². The number of hydrogen-bond acceptors (Lipinski definition) is 9. The molecule has 3 aliphatic rings. The highest BCUT2D eigenvalue weighted by Crippen LogP contribution is 2.45. The molecule has 4 amide bonds. The van der Waals surface area contributed by atoms with Gasteiger partial charge in [0.2, 0.25) is 27.7 Å². The molecular formula is C38H53N5O8S. The van der Waals surface area contributed by atoms with Crippen LogP contribution in [0.5, 0.6) is 5.88 Å². The minimum Gasteiger partial charge on any atom is -0.472 e. The fourth-order valence-electron chi connectivity index (χ4n) is 6.50. The third kappa shape index (κ3) is 8.53. The third-order valence-corrected chi connectivity index (χ3v) is 11.6. The van der Waals surface area contributed by atoms with Crippen LogP contribution >= 0.6 is 0 Å². The molecule has 0 bridgehead atoms. The van der Waals surface area contributed by atoms with E-state index in [0.29, 0.717) is 18.7 Å². The Labute approximate surface area is 306 Å². The van der Waals surface area contributed by atoms with Gasteiger partial charge in [-0.2, -0.15) is 0 Å². The Morgan fingerprint density at radius 1 is 1.04 bits per heavy atom. The number of carbonyl (C=O) groups excluding carboxylic acids is 4. The van der Waals surface area contributed by atoms with Gasteiger partial charge in [-0.15, -0.1) is 6.58 Å². The Morgan fingerprint density at radius 2 is 1.71 bits per heavy atom. The minimum atomic E-state index is -3.89. The summed E-state index contributed by atoms with van der Waals surface area (Å²) in [5, 5.41) is 6.56. The summed E-state index contributed by atoms with van der Waals surface area (Å²) in [4.78, 5) is 61.0. The van der Waals surface area contributed by atoms with E-state index in [-0.39, 0.29) is 24.8 Å². The lowest BCUT2D eigenvalue weighted by molar-refractivity contribution is -0.143. The number of rotatable bonds is 10. The van der Waals surface area contributed by atoms with Crippen LogP contribution in [-0.2, 0) is 34.6 Å². The number of sulfonamides is 1. The second kappa shape index (κ2) is 13.7. The maximum atomic E-state index is 14.5. The van der Waals surface area contributed by atoms with Gasteiger partial charge in [-0.3, -0.25) is 19.1 Å². The molecule has 0 unspecified atom stereocenters. The van der Waals surface area contributed by atoms with Gasteiger partial charge in [-0.05, 0) is 73.9 Å². The molecule has 1 saturated heterocycles. The van der Waals surface area contributed by atoms with Crippen molar-refractivity contribution in [3.05, 3.63) is 48.7 Å². The third-order valence-electron chi connectivity index (χ3n) is 9.74. The molecule has 0 spiro atoms. The van der Waals surface area contributed by atoms with E-state index in [9.17, 15) is 27.6 Å². The van der Waals surface area contributed by atoms with Gasteiger partial charge in [0.25, 0.3) is 5.91 Å². The van der Waals surface area contributed by atoms with Gasteiger partial charge < -0.3 is 25.0 Å². The second-order valence-electron chi connectivity index (χ2n) is 17.4. The van der Waals surface area contributed by atoms with Crippen molar-refractivity contribution in [2.75, 3.05) is 6.54 Å². The van der Waals surface area contributed by atoms with Gasteiger partial charge in [-0.25, -0.2) is 18.2 Å². The molecule has 5 atom stereocenters. The number of fused-ring (bicyclic) bond motifs is 1. The standard InChI is InChI=1S/C38H53N5O8S/c1-11-23-20-38(23,33(46)42-52(48,49)26-13-14-26)41-30(44)28-19-25(50-31-27-15-12-24(35(2,3)4)18-22(27)16-17-39-31)21-43(28)32(45)29(36(5,6)7)40-34(47)51-37(8,9)10/h11-12,15-18,23,25-26,28-29H,1,13-14,19-21H2,2-10H3,(H,40,47)(H,41,44)(H,42,46)/t23-,25-,28+,29-,38-/m1/s1. The molecule has 1 aliphatic heterocycles. The first kappa shape index (κ1) is 39.0. The van der Waals surface area contributed by atoms with E-state index in [2.05, 4.69) is 53.8 Å². The van der Waals surface area contributed by atoms with Crippen LogP contribution in [-0.4, -0.2) is 83.2 Å². The van der Waals surface area contributed by atoms with Crippen LogP contribution in [0.2, 0.25) is 0 Å². The van der Waals surface area contributed by atoms with Crippen molar-refractivity contribution in [2.45, 2.75) is 128 Å². The first-order chi connectivity index (χ1) is 23.9. The lowest BCUT2D eigenvalue weighted by Gasteiger charge is -2.36. The largest absolute Gasteiger partial charge is 0.472 e. The average Bonchev–Trinajstić information content (AvgIpc) is 3.94. The number of benzene rings is 1. The van der Waals surface area contributed by atoms with Crippen LogP contribution in [0, 0.1) is 11.3 Å². The van der Waals surface area contributed by atoms with E-state index in [1.807, 2.05) is 18.2 Å². The number of amides is 4. The maximum absolute atomic E-state index is 14.5. The minimum absolute atomic E-state index is 0.0300. The van der Waals surface area contributed by atoms with Gasteiger partial charge in [0, 0.05) is 23.9 Å². The number of likely N-dealkylation sites (tertiary alicyclic amines) is 1. The molecule has 2 aliphatic carbocycles. The van der Waals surface area contributed by atoms with Crippen LogP contribution in [0.3, 0.4) is 0 Å². The summed E-state index contributed by atoms with van der Waals surface area (Å²) in [6, 6.07) is 5.70. The summed E-state index contributed by atoms with van der Waals surface area (Å²) < 4.78 is 39.5. The van der Waals surface area contributed by atoms with Crippen molar-refractivity contribution >= 4 is 44.6 Å². The quantitative estimate of drug-likeness (QED) is 0.297. The van der Waals surface area contributed by atoms with Crippen molar-refractivity contribution in [3.63, 3.8) is 0 Å². The predicted molar refractivity (Wildman–Crippen MR) is 197 cm³/mol. The Morgan fingerprint density at radius 3 is 2.27 bits per heavy atom. The number of hydrogen-bond donors (Lipinski definition) is 3. The van der Waals surface area contributed by atoms with Gasteiger partial charge in [-0.1, -0.05) is 59.8 Å². The van der Waals surface area contributed by atoms with Crippen LogP contribution in [0.1, 0.15) is 93.6 Å². The average molecular weight is 740 g/mol. The first-order valence-electron chi connectivity index (χ1n) is 17.8. The van der Waals surface area contributed by atoms with E-state index in [4.69, 9.17) is 9.47 Å². The fraction of sp³-hybridized carbons (Fsp3) is 0.605. The molecular weight excluding hydrogens is 687 g/mol. The number of nitrogens with one attached hydrogen (secondary N) is 3. The summed E-state index contributed by atoms with van der Waals surface area (Å²) in [6.45, 7) is 20.6. The molecule has 1 aromatic carbocycles.